The maximum absolute atomic E-state index is 5.89. The van der Waals surface area contributed by atoms with Crippen molar-refractivity contribution in [2.24, 2.45) is 0 Å². The molecule has 0 aliphatic carbocycles. The Kier molecular flexibility index (Phi) is 3.82. The van der Waals surface area contributed by atoms with Crippen molar-refractivity contribution in [1.82, 2.24) is 10.1 Å². The first-order chi connectivity index (χ1) is 10.3. The minimum absolute atomic E-state index is 0.482. The molecule has 0 saturated heterocycles. The molecule has 21 heavy (non-hydrogen) atoms. The Morgan fingerprint density at radius 3 is 2.57 bits per heavy atom. The minimum Gasteiger partial charge on any atom is -0.493 e. The van der Waals surface area contributed by atoms with E-state index in [4.69, 9.17) is 15.0 Å². The Balaban J connectivity index is 1.62. The van der Waals surface area contributed by atoms with E-state index in [9.17, 15) is 0 Å². The lowest BCUT2D eigenvalue weighted by atomic mass is 10.2. The van der Waals surface area contributed by atoms with Crippen molar-refractivity contribution in [3.63, 3.8) is 0 Å². The normalized spacial score (nSPS) is 10.5. The van der Waals surface area contributed by atoms with Crippen LogP contribution < -0.4 is 10.5 Å². The Morgan fingerprint density at radius 1 is 1.00 bits per heavy atom. The van der Waals surface area contributed by atoms with Gasteiger partial charge in [-0.05, 0) is 24.3 Å². The molecule has 1 heterocycles. The molecule has 3 aromatic rings. The van der Waals surface area contributed by atoms with Gasteiger partial charge in [0.05, 0.1) is 13.0 Å². The fourth-order valence-corrected chi connectivity index (χ4v) is 1.94. The highest BCUT2D eigenvalue weighted by Gasteiger charge is 2.10. The number of ether oxygens (including phenoxy) is 1. The molecule has 0 saturated carbocycles. The molecule has 3 rings (SSSR count). The van der Waals surface area contributed by atoms with Gasteiger partial charge in [-0.15, -0.1) is 0 Å². The highest BCUT2D eigenvalue weighted by atomic mass is 16.5. The predicted molar refractivity (Wildman–Crippen MR) is 79.8 cm³/mol. The molecular weight excluding hydrogens is 266 g/mol. The van der Waals surface area contributed by atoms with Crippen LogP contribution in [0.3, 0.4) is 0 Å². The van der Waals surface area contributed by atoms with E-state index in [1.54, 1.807) is 0 Å². The van der Waals surface area contributed by atoms with E-state index < -0.39 is 0 Å². The van der Waals surface area contributed by atoms with Gasteiger partial charge in [0.1, 0.15) is 5.75 Å². The average Bonchev–Trinajstić information content (AvgIpc) is 2.97. The Morgan fingerprint density at radius 2 is 1.76 bits per heavy atom. The van der Waals surface area contributed by atoms with Gasteiger partial charge >= 0.3 is 0 Å². The summed E-state index contributed by atoms with van der Waals surface area (Å²) in [5.74, 6) is 1.86. The molecule has 1 aromatic heterocycles. The van der Waals surface area contributed by atoms with E-state index in [0.29, 0.717) is 30.4 Å². The number of benzene rings is 2. The van der Waals surface area contributed by atoms with Gasteiger partial charge in [0.15, 0.2) is 0 Å². The first-order valence-corrected chi connectivity index (χ1v) is 6.68. The van der Waals surface area contributed by atoms with Gasteiger partial charge in [-0.1, -0.05) is 35.5 Å². The van der Waals surface area contributed by atoms with Crippen molar-refractivity contribution >= 4 is 5.69 Å². The van der Waals surface area contributed by atoms with Gasteiger partial charge in [-0.3, -0.25) is 0 Å². The molecule has 2 aromatic carbocycles. The summed E-state index contributed by atoms with van der Waals surface area (Å²) in [6.45, 7) is 0.482. The molecule has 5 nitrogen and oxygen atoms in total. The Labute approximate surface area is 122 Å². The minimum atomic E-state index is 0.482. The molecule has 0 amide bonds. The van der Waals surface area contributed by atoms with Crippen molar-refractivity contribution in [3.8, 4) is 17.1 Å². The van der Waals surface area contributed by atoms with Crippen LogP contribution in [0.4, 0.5) is 5.69 Å². The van der Waals surface area contributed by atoms with Crippen molar-refractivity contribution in [3.05, 3.63) is 60.5 Å². The number of anilines is 1. The van der Waals surface area contributed by atoms with Gasteiger partial charge < -0.3 is 15.0 Å². The lowest BCUT2D eigenvalue weighted by Crippen LogP contribution is -2.01. The van der Waals surface area contributed by atoms with Gasteiger partial charge in [0.2, 0.25) is 11.7 Å². The van der Waals surface area contributed by atoms with Crippen molar-refractivity contribution < 1.29 is 9.26 Å². The van der Waals surface area contributed by atoms with Gasteiger partial charge in [-0.25, -0.2) is 0 Å². The molecule has 0 fully saturated rings. The van der Waals surface area contributed by atoms with E-state index >= 15 is 0 Å². The Hall–Kier alpha value is -2.82. The predicted octanol–water partition coefficient (Wildman–Crippen LogP) is 2.94. The second kappa shape index (κ2) is 6.09. The second-order valence-electron chi connectivity index (χ2n) is 4.51. The van der Waals surface area contributed by atoms with Crippen LogP contribution in [0.2, 0.25) is 0 Å². The monoisotopic (exact) mass is 281 g/mol. The topological polar surface area (TPSA) is 74.2 Å². The van der Waals surface area contributed by atoms with E-state index in [1.165, 1.54) is 0 Å². The van der Waals surface area contributed by atoms with Crippen LogP contribution in [-0.2, 0) is 6.42 Å². The summed E-state index contributed by atoms with van der Waals surface area (Å²) in [4.78, 5) is 4.33. The summed E-state index contributed by atoms with van der Waals surface area (Å²) in [5, 5.41) is 3.95. The highest BCUT2D eigenvalue weighted by Crippen LogP contribution is 2.22. The molecule has 0 bridgehead atoms. The number of rotatable bonds is 5. The number of hydrogen-bond acceptors (Lipinski definition) is 5. The van der Waals surface area contributed by atoms with Crippen LogP contribution in [0.1, 0.15) is 5.89 Å². The summed E-state index contributed by atoms with van der Waals surface area (Å²) in [7, 11) is 0. The summed E-state index contributed by atoms with van der Waals surface area (Å²) < 4.78 is 10.8. The zero-order valence-corrected chi connectivity index (χ0v) is 11.4. The molecule has 0 atom stereocenters. The van der Waals surface area contributed by atoms with E-state index in [1.807, 2.05) is 54.6 Å². The maximum Gasteiger partial charge on any atom is 0.230 e. The number of nitrogen functional groups attached to an aromatic ring is 1. The SMILES string of the molecule is Nc1ccccc1-c1noc(CCOc2ccccc2)n1. The van der Waals surface area contributed by atoms with Crippen LogP contribution in [0.25, 0.3) is 11.4 Å². The quantitative estimate of drug-likeness (QED) is 0.728. The first kappa shape index (κ1) is 13.2. The number of nitrogens with two attached hydrogens (primary N) is 1. The van der Waals surface area contributed by atoms with Crippen LogP contribution in [0.15, 0.2) is 59.1 Å². The van der Waals surface area contributed by atoms with Gasteiger partial charge in [0, 0.05) is 11.3 Å². The molecule has 5 heteroatoms. The number of para-hydroxylation sites is 2. The van der Waals surface area contributed by atoms with Crippen LogP contribution in [0.5, 0.6) is 5.75 Å². The third-order valence-corrected chi connectivity index (χ3v) is 3.00. The molecule has 106 valence electrons. The number of nitrogens with zero attached hydrogens (tertiary/aromatic N) is 2. The van der Waals surface area contributed by atoms with Gasteiger partial charge in [0.25, 0.3) is 0 Å². The summed E-state index contributed by atoms with van der Waals surface area (Å²) in [6, 6.07) is 17.0. The zero-order valence-electron chi connectivity index (χ0n) is 11.4. The second-order valence-corrected chi connectivity index (χ2v) is 4.51. The summed E-state index contributed by atoms with van der Waals surface area (Å²) in [6.07, 6.45) is 0.550. The smallest absolute Gasteiger partial charge is 0.230 e. The van der Waals surface area contributed by atoms with Crippen molar-refractivity contribution in [2.45, 2.75) is 6.42 Å². The Bertz CT molecular complexity index is 710. The standard InChI is InChI=1S/C16H15N3O2/c17-14-9-5-4-8-13(14)16-18-15(21-19-16)10-11-20-12-6-2-1-3-7-12/h1-9H,10-11,17H2. The van der Waals surface area contributed by atoms with Crippen LogP contribution >= 0.6 is 0 Å². The molecule has 2 N–H and O–H groups in total. The lowest BCUT2D eigenvalue weighted by molar-refractivity contribution is 0.292. The van der Waals surface area contributed by atoms with Crippen LogP contribution in [-0.4, -0.2) is 16.7 Å². The average molecular weight is 281 g/mol. The molecule has 0 spiro atoms. The number of aromatic nitrogens is 2. The summed E-state index contributed by atoms with van der Waals surface area (Å²) in [5.41, 5.74) is 7.30. The van der Waals surface area contributed by atoms with E-state index in [2.05, 4.69) is 10.1 Å². The lowest BCUT2D eigenvalue weighted by Gasteiger charge is -2.02. The molecular formula is C16H15N3O2. The maximum atomic E-state index is 5.89. The highest BCUT2D eigenvalue weighted by molar-refractivity contribution is 5.70. The largest absolute Gasteiger partial charge is 0.493 e. The fourth-order valence-electron chi connectivity index (χ4n) is 1.94. The summed E-state index contributed by atoms with van der Waals surface area (Å²) >= 11 is 0. The molecule has 0 aliphatic rings. The molecule has 0 unspecified atom stereocenters. The van der Waals surface area contributed by atoms with E-state index in [-0.39, 0.29) is 0 Å². The van der Waals surface area contributed by atoms with Crippen LogP contribution in [0, 0.1) is 0 Å². The third-order valence-electron chi connectivity index (χ3n) is 3.00. The fraction of sp³-hybridized carbons (Fsp3) is 0.125. The third kappa shape index (κ3) is 3.20. The van der Waals surface area contributed by atoms with Crippen molar-refractivity contribution in [1.29, 1.82) is 0 Å². The molecule has 0 radical (unpaired) electrons. The molecule has 0 aliphatic heterocycles. The van der Waals surface area contributed by atoms with E-state index in [0.717, 1.165) is 11.3 Å². The van der Waals surface area contributed by atoms with Crippen molar-refractivity contribution in [2.75, 3.05) is 12.3 Å². The van der Waals surface area contributed by atoms with Gasteiger partial charge in [-0.2, -0.15) is 4.98 Å². The number of hydrogen-bond donors (Lipinski definition) is 1. The zero-order chi connectivity index (χ0) is 14.5. The first-order valence-electron chi connectivity index (χ1n) is 6.68.